The maximum absolute atomic E-state index is 13.4. The van der Waals surface area contributed by atoms with Crippen molar-refractivity contribution in [3.05, 3.63) is 53.9 Å². The largest absolute Gasteiger partial charge is 0.253 e. The third-order valence-corrected chi connectivity index (χ3v) is 6.25. The van der Waals surface area contributed by atoms with Gasteiger partial charge in [0.05, 0.1) is 6.54 Å². The van der Waals surface area contributed by atoms with Crippen LogP contribution in [-0.2, 0) is 13.1 Å². The first kappa shape index (κ1) is 24.6. The first-order valence-corrected chi connectivity index (χ1v) is 12.5. The average molecular weight is 416 g/mol. The molecule has 0 saturated heterocycles. The van der Waals surface area contributed by atoms with Gasteiger partial charge in [-0.3, -0.25) is 0 Å². The monoisotopic (exact) mass is 415 g/mol. The number of nitrogens with zero attached hydrogens (tertiary/aromatic N) is 2. The standard InChI is InChI=1S/C27H44FN2/c1-3-4-5-6-7-8-9-10-11-12-13-14-15-16-20-29-21-22-30(25(29)2)24-26-18-17-19-27(28)23-26/h17-19,21-23H,3-16,20,24H2,1-2H3/q+1. The van der Waals surface area contributed by atoms with Gasteiger partial charge in [-0.1, -0.05) is 96.1 Å². The normalized spacial score (nSPS) is 11.3. The summed E-state index contributed by atoms with van der Waals surface area (Å²) in [5.41, 5.74) is 1.01. The van der Waals surface area contributed by atoms with Gasteiger partial charge < -0.3 is 0 Å². The average Bonchev–Trinajstić information content (AvgIpc) is 3.08. The van der Waals surface area contributed by atoms with Crippen LogP contribution in [0.2, 0.25) is 0 Å². The van der Waals surface area contributed by atoms with Gasteiger partial charge in [0.15, 0.2) is 0 Å². The molecule has 0 radical (unpaired) electrons. The Bertz CT molecular complexity index is 692. The molecular weight excluding hydrogens is 371 g/mol. The molecule has 2 rings (SSSR count). The maximum atomic E-state index is 13.4. The highest BCUT2D eigenvalue weighted by Gasteiger charge is 2.12. The Balaban J connectivity index is 1.48. The zero-order valence-electron chi connectivity index (χ0n) is 19.6. The van der Waals surface area contributed by atoms with E-state index in [0.717, 1.165) is 18.7 Å². The number of halogens is 1. The van der Waals surface area contributed by atoms with E-state index in [2.05, 4.69) is 35.4 Å². The van der Waals surface area contributed by atoms with E-state index in [4.69, 9.17) is 0 Å². The first-order chi connectivity index (χ1) is 14.7. The molecular formula is C27H44FN2+. The molecule has 30 heavy (non-hydrogen) atoms. The molecule has 0 atom stereocenters. The minimum absolute atomic E-state index is 0.160. The van der Waals surface area contributed by atoms with Crippen molar-refractivity contribution in [3.8, 4) is 0 Å². The molecule has 0 fully saturated rings. The molecule has 0 aliphatic carbocycles. The number of hydrogen-bond acceptors (Lipinski definition) is 0. The summed E-state index contributed by atoms with van der Waals surface area (Å²) < 4.78 is 17.9. The number of aryl methyl sites for hydroxylation is 1. The van der Waals surface area contributed by atoms with Crippen molar-refractivity contribution in [3.63, 3.8) is 0 Å². The van der Waals surface area contributed by atoms with Crippen LogP contribution in [0.4, 0.5) is 4.39 Å². The van der Waals surface area contributed by atoms with Crippen molar-refractivity contribution in [2.24, 2.45) is 0 Å². The van der Waals surface area contributed by atoms with Gasteiger partial charge in [0.2, 0.25) is 0 Å². The van der Waals surface area contributed by atoms with Gasteiger partial charge in [0.25, 0.3) is 5.82 Å². The van der Waals surface area contributed by atoms with Crippen molar-refractivity contribution in [2.75, 3.05) is 0 Å². The van der Waals surface area contributed by atoms with Crippen LogP contribution in [0.1, 0.15) is 108 Å². The summed E-state index contributed by atoms with van der Waals surface area (Å²) in [5.74, 6) is 1.08. The molecule has 168 valence electrons. The number of imidazole rings is 1. The highest BCUT2D eigenvalue weighted by molar-refractivity contribution is 5.15. The highest BCUT2D eigenvalue weighted by Crippen LogP contribution is 2.13. The molecule has 0 aliphatic rings. The van der Waals surface area contributed by atoms with E-state index in [0.29, 0.717) is 0 Å². The van der Waals surface area contributed by atoms with E-state index in [1.165, 1.54) is 102 Å². The van der Waals surface area contributed by atoms with Crippen LogP contribution < -0.4 is 4.57 Å². The van der Waals surface area contributed by atoms with Crippen LogP contribution in [-0.4, -0.2) is 4.57 Å². The van der Waals surface area contributed by atoms with Gasteiger partial charge in [0, 0.05) is 6.92 Å². The smallest absolute Gasteiger partial charge is 0.234 e. The van der Waals surface area contributed by atoms with Crippen LogP contribution in [0.25, 0.3) is 0 Å². The van der Waals surface area contributed by atoms with E-state index in [-0.39, 0.29) is 5.82 Å². The number of benzene rings is 1. The molecule has 0 saturated carbocycles. The second kappa shape index (κ2) is 15.2. The van der Waals surface area contributed by atoms with Gasteiger partial charge in [-0.25, -0.2) is 13.5 Å². The number of hydrogen-bond donors (Lipinski definition) is 0. The van der Waals surface area contributed by atoms with Crippen LogP contribution in [0.5, 0.6) is 0 Å². The van der Waals surface area contributed by atoms with E-state index < -0.39 is 0 Å². The molecule has 0 amide bonds. The molecule has 1 aromatic heterocycles. The van der Waals surface area contributed by atoms with Crippen LogP contribution in [0, 0.1) is 12.7 Å². The van der Waals surface area contributed by atoms with Crippen molar-refractivity contribution in [1.82, 2.24) is 4.57 Å². The lowest BCUT2D eigenvalue weighted by molar-refractivity contribution is -0.694. The third kappa shape index (κ3) is 9.91. The summed E-state index contributed by atoms with van der Waals surface area (Å²) in [5, 5.41) is 0. The molecule has 0 bridgehead atoms. The Labute approximate surface area is 184 Å². The van der Waals surface area contributed by atoms with Crippen LogP contribution >= 0.6 is 0 Å². The van der Waals surface area contributed by atoms with E-state index >= 15 is 0 Å². The lowest BCUT2D eigenvalue weighted by Crippen LogP contribution is -2.36. The summed E-state index contributed by atoms with van der Waals surface area (Å²) in [6.45, 7) is 6.26. The van der Waals surface area contributed by atoms with Gasteiger partial charge in [-0.05, 0) is 30.5 Å². The molecule has 3 heteroatoms. The SMILES string of the molecule is CCCCCCCCCCCCCCCCn1cc[n+](Cc2cccc(F)c2)c1C. The number of rotatable bonds is 17. The fraction of sp³-hybridized carbons (Fsp3) is 0.667. The Kier molecular flexibility index (Phi) is 12.5. The Morgan fingerprint density at radius 2 is 1.37 bits per heavy atom. The third-order valence-electron chi connectivity index (χ3n) is 6.25. The van der Waals surface area contributed by atoms with Gasteiger partial charge in [-0.15, -0.1) is 0 Å². The quantitative estimate of drug-likeness (QED) is 0.184. The number of aromatic nitrogens is 2. The maximum Gasteiger partial charge on any atom is 0.253 e. The van der Waals surface area contributed by atoms with Gasteiger partial charge in [-0.2, -0.15) is 0 Å². The minimum Gasteiger partial charge on any atom is -0.234 e. The fourth-order valence-electron chi connectivity index (χ4n) is 4.25. The van der Waals surface area contributed by atoms with Gasteiger partial charge >= 0.3 is 0 Å². The summed E-state index contributed by atoms with van der Waals surface area (Å²) in [6, 6.07) is 6.89. The Morgan fingerprint density at radius 3 is 1.93 bits per heavy atom. The molecule has 1 heterocycles. The molecule has 0 spiro atoms. The van der Waals surface area contributed by atoms with E-state index in [1.807, 2.05) is 6.07 Å². The molecule has 2 nitrogen and oxygen atoms in total. The summed E-state index contributed by atoms with van der Waals surface area (Å²) >= 11 is 0. The number of unbranched alkanes of at least 4 members (excludes halogenated alkanes) is 13. The summed E-state index contributed by atoms with van der Waals surface area (Å²) in [6.07, 6.45) is 23.8. The fourth-order valence-corrected chi connectivity index (χ4v) is 4.25. The van der Waals surface area contributed by atoms with Crippen molar-refractivity contribution < 1.29 is 8.96 Å². The Morgan fingerprint density at radius 1 is 0.800 bits per heavy atom. The first-order valence-electron chi connectivity index (χ1n) is 12.5. The lowest BCUT2D eigenvalue weighted by atomic mass is 10.0. The van der Waals surface area contributed by atoms with Crippen molar-refractivity contribution in [1.29, 1.82) is 0 Å². The highest BCUT2D eigenvalue weighted by atomic mass is 19.1. The topological polar surface area (TPSA) is 8.81 Å². The lowest BCUT2D eigenvalue weighted by Gasteiger charge is -2.04. The van der Waals surface area contributed by atoms with Crippen LogP contribution in [0.3, 0.4) is 0 Å². The zero-order chi connectivity index (χ0) is 21.4. The zero-order valence-corrected chi connectivity index (χ0v) is 19.6. The summed E-state index contributed by atoms with van der Waals surface area (Å²) in [7, 11) is 0. The predicted octanol–water partition coefficient (Wildman–Crippen LogP) is 7.75. The van der Waals surface area contributed by atoms with Crippen LogP contribution in [0.15, 0.2) is 36.7 Å². The molecule has 2 aromatic rings. The minimum atomic E-state index is -0.160. The molecule has 0 N–H and O–H groups in total. The second-order valence-corrected chi connectivity index (χ2v) is 8.89. The van der Waals surface area contributed by atoms with Crippen molar-refractivity contribution in [2.45, 2.75) is 117 Å². The second-order valence-electron chi connectivity index (χ2n) is 8.89. The van der Waals surface area contributed by atoms with Crippen molar-refractivity contribution >= 4 is 0 Å². The Hall–Kier alpha value is -1.64. The van der Waals surface area contributed by atoms with Gasteiger partial charge in [0.1, 0.15) is 24.8 Å². The van der Waals surface area contributed by atoms with E-state index in [1.54, 1.807) is 12.1 Å². The molecule has 1 aromatic carbocycles. The molecule has 0 unspecified atom stereocenters. The van der Waals surface area contributed by atoms with E-state index in [9.17, 15) is 4.39 Å². The predicted molar refractivity (Wildman–Crippen MR) is 125 cm³/mol. The summed E-state index contributed by atoms with van der Waals surface area (Å²) in [4.78, 5) is 0. The molecule has 0 aliphatic heterocycles.